The van der Waals surface area contributed by atoms with Gasteiger partial charge in [-0.1, -0.05) is 0 Å². The van der Waals surface area contributed by atoms with Crippen molar-refractivity contribution in [2.24, 2.45) is 0 Å². The van der Waals surface area contributed by atoms with E-state index in [1.165, 1.54) is 38.5 Å². The van der Waals surface area contributed by atoms with E-state index in [1.807, 2.05) is 11.1 Å². The van der Waals surface area contributed by atoms with Crippen LogP contribution in [0.1, 0.15) is 74.6 Å². The molecule has 0 aromatic heterocycles. The molecule has 2 aliphatic carbocycles. The molecule has 37 heavy (non-hydrogen) atoms. The third kappa shape index (κ3) is 4.46. The van der Waals surface area contributed by atoms with Crippen LogP contribution in [-0.4, -0.2) is 16.1 Å². The average molecular weight is 732 g/mol. The molecule has 2 saturated heterocycles. The Bertz CT molecular complexity index is 1060. The zero-order chi connectivity index (χ0) is 24.0. The van der Waals surface area contributed by atoms with Crippen LogP contribution < -0.4 is 24.8 Å². The number of benzene rings is 2. The summed E-state index contributed by atoms with van der Waals surface area (Å²) in [6.45, 7) is 4.85. The summed E-state index contributed by atoms with van der Waals surface area (Å²) in [6, 6.07) is 29.0. The minimum absolute atomic E-state index is 0. The first-order valence-corrected chi connectivity index (χ1v) is 23.3. The van der Waals surface area contributed by atoms with Crippen LogP contribution in [0, 0.1) is 0 Å². The maximum atomic E-state index is 2.89. The second kappa shape index (κ2) is 11.7. The van der Waals surface area contributed by atoms with E-state index in [9.17, 15) is 0 Å². The van der Waals surface area contributed by atoms with Crippen molar-refractivity contribution in [2.45, 2.75) is 94.2 Å². The molecule has 2 fully saturated rings. The number of hydrogen-bond donors (Lipinski definition) is 0. The van der Waals surface area contributed by atoms with E-state index in [0.29, 0.717) is 5.59 Å². The molecule has 2 atom stereocenters. The average Bonchev–Trinajstić information content (AvgIpc) is 3.39. The van der Waals surface area contributed by atoms with Gasteiger partial charge in [-0.3, -0.25) is 0 Å². The van der Waals surface area contributed by atoms with E-state index in [-0.39, 0.29) is 24.8 Å². The van der Waals surface area contributed by atoms with Crippen molar-refractivity contribution in [3.05, 3.63) is 82.9 Å². The maximum Gasteiger partial charge on any atom is -1.00 e. The van der Waals surface area contributed by atoms with E-state index >= 15 is 0 Å². The zero-order valence-corrected chi connectivity index (χ0v) is 29.8. The first-order valence-electron chi connectivity index (χ1n) is 14.5. The molecule has 196 valence electrons. The SMILES string of the molecule is CCCC[Si]1([C]2([Hf+2][C]3([Si]4(CCCC)CCC4)C=Cc4ccccc43)C=Cc3ccccc32)CCC1.[Cl-].[Cl-]. The Balaban J connectivity index is 0.00000160. The standard InChI is InChI=1S/2C16H21Si.2ClH.Hf/c2*1-2-3-11-17(12-6-13-17)16-10-9-14-7-4-5-8-15(14)16;;;/h2*4-5,7-10H,2-3,6,11-13H2,1H3;2*1H;/q;;;;+2/p-2. The number of hydrogen-bond acceptors (Lipinski definition) is 0. The molecular weight excluding hydrogens is 690 g/mol. The minimum atomic E-state index is -1.38. The Hall–Kier alpha value is -0.196. The van der Waals surface area contributed by atoms with Gasteiger partial charge in [-0.15, -0.1) is 0 Å². The van der Waals surface area contributed by atoms with Crippen molar-refractivity contribution >= 4 is 28.3 Å². The van der Waals surface area contributed by atoms with Gasteiger partial charge >= 0.3 is 228 Å². The molecule has 0 nitrogen and oxygen atoms in total. The Morgan fingerprint density at radius 3 is 1.41 bits per heavy atom. The van der Waals surface area contributed by atoms with E-state index in [2.05, 4.69) is 86.7 Å². The normalized spacial score (nSPS) is 27.1. The number of unbranched alkanes of at least 4 members (excludes halogenated alkanes) is 2. The van der Waals surface area contributed by atoms with Gasteiger partial charge in [0.1, 0.15) is 0 Å². The van der Waals surface area contributed by atoms with Crippen LogP contribution >= 0.6 is 0 Å². The molecule has 0 N–H and O–H groups in total. The first-order chi connectivity index (χ1) is 17.1. The van der Waals surface area contributed by atoms with Gasteiger partial charge < -0.3 is 24.8 Å². The van der Waals surface area contributed by atoms with Gasteiger partial charge in [0.2, 0.25) is 0 Å². The molecule has 2 unspecified atom stereocenters. The van der Waals surface area contributed by atoms with Crippen LogP contribution in [0.4, 0.5) is 0 Å². The number of allylic oxidation sites excluding steroid dienone is 2. The summed E-state index contributed by atoms with van der Waals surface area (Å²) in [7, 11) is -2.76. The molecule has 4 aliphatic rings. The molecule has 0 saturated carbocycles. The van der Waals surface area contributed by atoms with Crippen molar-refractivity contribution in [3.8, 4) is 0 Å². The van der Waals surface area contributed by atoms with Crippen LogP contribution in [0.5, 0.6) is 0 Å². The fraction of sp³-hybridized carbons (Fsp3) is 0.500. The van der Waals surface area contributed by atoms with E-state index in [0.717, 1.165) is 0 Å². The van der Waals surface area contributed by atoms with Crippen molar-refractivity contribution in [1.82, 2.24) is 0 Å². The Kier molecular flexibility index (Phi) is 9.44. The van der Waals surface area contributed by atoms with E-state index < -0.39 is 39.1 Å². The van der Waals surface area contributed by atoms with Crippen molar-refractivity contribution in [3.63, 3.8) is 0 Å². The predicted molar refractivity (Wildman–Crippen MR) is 154 cm³/mol. The fourth-order valence-electron chi connectivity index (χ4n) is 8.25. The van der Waals surface area contributed by atoms with Crippen LogP contribution in [0.15, 0.2) is 60.7 Å². The minimum Gasteiger partial charge on any atom is -1.00 e. The Labute approximate surface area is 251 Å². The van der Waals surface area contributed by atoms with Crippen molar-refractivity contribution < 1.29 is 47.7 Å². The van der Waals surface area contributed by atoms with Gasteiger partial charge in [-0.2, -0.15) is 0 Å². The second-order valence-corrected chi connectivity index (χ2v) is 31.9. The number of rotatable bonds is 10. The fourth-order valence-corrected chi connectivity index (χ4v) is 43.2. The van der Waals surface area contributed by atoms with Gasteiger partial charge in [0.25, 0.3) is 0 Å². The van der Waals surface area contributed by atoms with Crippen LogP contribution in [0.3, 0.4) is 0 Å². The van der Waals surface area contributed by atoms with Crippen molar-refractivity contribution in [1.29, 1.82) is 0 Å². The van der Waals surface area contributed by atoms with Gasteiger partial charge in [0.15, 0.2) is 0 Å². The van der Waals surface area contributed by atoms with Crippen LogP contribution in [-0.2, 0) is 28.5 Å². The molecule has 0 radical (unpaired) electrons. The van der Waals surface area contributed by atoms with Gasteiger partial charge in [-0.25, -0.2) is 0 Å². The molecule has 2 heterocycles. The summed E-state index contributed by atoms with van der Waals surface area (Å²) in [4.78, 5) is 0. The summed E-state index contributed by atoms with van der Waals surface area (Å²) >= 11 is -1.25. The third-order valence-electron chi connectivity index (χ3n) is 10.5. The number of fused-ring (bicyclic) bond motifs is 2. The number of halogens is 2. The second-order valence-electron chi connectivity index (χ2n) is 12.1. The maximum absolute atomic E-state index is 2.89. The van der Waals surface area contributed by atoms with Gasteiger partial charge in [0.05, 0.1) is 0 Å². The summed E-state index contributed by atoms with van der Waals surface area (Å²) < 4.78 is 1.03. The smallest absolute Gasteiger partial charge is 1.00 e. The molecule has 0 bridgehead atoms. The molecular formula is C32H42Cl2HfSi2. The summed E-state index contributed by atoms with van der Waals surface area (Å²) in [5, 5.41) is 0. The Morgan fingerprint density at radius 2 is 1.05 bits per heavy atom. The molecule has 2 aromatic carbocycles. The quantitative estimate of drug-likeness (QED) is 0.330. The van der Waals surface area contributed by atoms with Gasteiger partial charge in [-0.05, 0) is 0 Å². The van der Waals surface area contributed by atoms with Crippen molar-refractivity contribution in [2.75, 3.05) is 0 Å². The summed E-state index contributed by atoms with van der Waals surface area (Å²) in [6.07, 6.45) is 19.7. The molecule has 2 aliphatic heterocycles. The first kappa shape index (κ1) is 29.8. The monoisotopic (exact) mass is 732 g/mol. The molecule has 6 rings (SSSR count). The van der Waals surface area contributed by atoms with E-state index in [1.54, 1.807) is 47.4 Å². The summed E-state index contributed by atoms with van der Waals surface area (Å²) in [5.74, 6) is 0. The Morgan fingerprint density at radius 1 is 0.649 bits per heavy atom. The van der Waals surface area contributed by atoms with Gasteiger partial charge in [0, 0.05) is 0 Å². The largest absolute Gasteiger partial charge is 1.00 e. The summed E-state index contributed by atoms with van der Waals surface area (Å²) in [5.41, 5.74) is 6.78. The third-order valence-corrected chi connectivity index (χ3v) is 42.0. The zero-order valence-electron chi connectivity index (χ0n) is 22.7. The van der Waals surface area contributed by atoms with Crippen LogP contribution in [0.2, 0.25) is 36.3 Å². The van der Waals surface area contributed by atoms with E-state index in [4.69, 9.17) is 0 Å². The van der Waals surface area contributed by atoms with Crippen LogP contribution in [0.25, 0.3) is 12.2 Å². The molecule has 0 amide bonds. The topological polar surface area (TPSA) is 0 Å². The molecule has 0 spiro atoms. The molecule has 5 heteroatoms. The molecule has 2 aromatic rings. The predicted octanol–water partition coefficient (Wildman–Crippen LogP) is 3.31.